The number of amides is 1. The third-order valence-corrected chi connectivity index (χ3v) is 2.79. The van der Waals surface area contributed by atoms with Crippen molar-refractivity contribution in [2.24, 2.45) is 0 Å². The zero-order chi connectivity index (χ0) is 14.5. The van der Waals surface area contributed by atoms with Gasteiger partial charge in [0.25, 0.3) is 5.91 Å². The standard InChI is InChI=1S/C14H15ClN4O/c1-9(2)16-12-7-8-13(19-18-12)17-14(20)10-5-3-4-6-11(10)15/h3-9H,1-2H3,(H,16,18)(H,17,19,20). The Morgan fingerprint density at radius 1 is 1.10 bits per heavy atom. The lowest BCUT2D eigenvalue weighted by Crippen LogP contribution is -2.15. The van der Waals surface area contributed by atoms with Crippen LogP contribution in [0.5, 0.6) is 0 Å². The fourth-order valence-electron chi connectivity index (χ4n) is 1.60. The van der Waals surface area contributed by atoms with E-state index in [1.54, 1.807) is 36.4 Å². The predicted octanol–water partition coefficient (Wildman–Crippen LogP) is 3.20. The average Bonchev–Trinajstić information content (AvgIpc) is 2.41. The van der Waals surface area contributed by atoms with Crippen molar-refractivity contribution in [1.82, 2.24) is 10.2 Å². The summed E-state index contributed by atoms with van der Waals surface area (Å²) in [4.78, 5) is 12.0. The van der Waals surface area contributed by atoms with Crippen molar-refractivity contribution >= 4 is 29.1 Å². The summed E-state index contributed by atoms with van der Waals surface area (Å²) >= 11 is 5.96. The van der Waals surface area contributed by atoms with Crippen LogP contribution in [0.4, 0.5) is 11.6 Å². The van der Waals surface area contributed by atoms with Crippen molar-refractivity contribution in [1.29, 1.82) is 0 Å². The van der Waals surface area contributed by atoms with Gasteiger partial charge in [-0.05, 0) is 38.1 Å². The molecule has 0 unspecified atom stereocenters. The molecule has 2 rings (SSSR count). The molecule has 1 aromatic carbocycles. The number of nitrogens with one attached hydrogen (secondary N) is 2. The minimum absolute atomic E-state index is 0.271. The van der Waals surface area contributed by atoms with Crippen molar-refractivity contribution in [3.05, 3.63) is 47.0 Å². The number of hydrogen-bond donors (Lipinski definition) is 2. The second-order valence-electron chi connectivity index (χ2n) is 4.54. The summed E-state index contributed by atoms with van der Waals surface area (Å²) in [6.45, 7) is 4.02. The van der Waals surface area contributed by atoms with E-state index < -0.39 is 0 Å². The summed E-state index contributed by atoms with van der Waals surface area (Å²) in [5.41, 5.74) is 0.403. The van der Waals surface area contributed by atoms with E-state index in [4.69, 9.17) is 11.6 Å². The van der Waals surface area contributed by atoms with E-state index in [-0.39, 0.29) is 11.9 Å². The zero-order valence-electron chi connectivity index (χ0n) is 11.2. The SMILES string of the molecule is CC(C)Nc1ccc(NC(=O)c2ccccc2Cl)nn1. The first kappa shape index (κ1) is 14.3. The van der Waals surface area contributed by atoms with Gasteiger partial charge in [-0.3, -0.25) is 4.79 Å². The highest BCUT2D eigenvalue weighted by Crippen LogP contribution is 2.16. The van der Waals surface area contributed by atoms with Gasteiger partial charge in [-0.1, -0.05) is 23.7 Å². The molecule has 1 amide bonds. The number of rotatable bonds is 4. The molecule has 0 fully saturated rings. The third kappa shape index (κ3) is 3.68. The molecule has 104 valence electrons. The van der Waals surface area contributed by atoms with Gasteiger partial charge in [-0.2, -0.15) is 0 Å². The Morgan fingerprint density at radius 3 is 2.35 bits per heavy atom. The predicted molar refractivity (Wildman–Crippen MR) is 80.2 cm³/mol. The van der Waals surface area contributed by atoms with Crippen molar-refractivity contribution < 1.29 is 4.79 Å². The molecular weight excluding hydrogens is 276 g/mol. The highest BCUT2D eigenvalue weighted by Gasteiger charge is 2.10. The number of carbonyl (C=O) groups excluding carboxylic acids is 1. The lowest BCUT2D eigenvalue weighted by Gasteiger charge is -2.09. The Kier molecular flexibility index (Phi) is 4.53. The van der Waals surface area contributed by atoms with Crippen molar-refractivity contribution in [3.63, 3.8) is 0 Å². The largest absolute Gasteiger partial charge is 0.366 e. The van der Waals surface area contributed by atoms with Crippen LogP contribution in [0, 0.1) is 0 Å². The third-order valence-electron chi connectivity index (χ3n) is 2.46. The molecule has 0 atom stereocenters. The first-order valence-electron chi connectivity index (χ1n) is 6.22. The van der Waals surface area contributed by atoms with E-state index in [0.717, 1.165) is 0 Å². The lowest BCUT2D eigenvalue weighted by molar-refractivity contribution is 0.102. The van der Waals surface area contributed by atoms with Crippen molar-refractivity contribution in [2.75, 3.05) is 10.6 Å². The summed E-state index contributed by atoms with van der Waals surface area (Å²) in [5.74, 6) is 0.731. The molecular formula is C14H15ClN4O. The van der Waals surface area contributed by atoms with E-state index in [0.29, 0.717) is 22.2 Å². The summed E-state index contributed by atoms with van der Waals surface area (Å²) in [5, 5.41) is 14.1. The van der Waals surface area contributed by atoms with Crippen LogP contribution in [0.3, 0.4) is 0 Å². The number of anilines is 2. The minimum Gasteiger partial charge on any atom is -0.366 e. The van der Waals surface area contributed by atoms with Gasteiger partial charge < -0.3 is 10.6 Å². The molecule has 1 heterocycles. The molecule has 5 nitrogen and oxygen atoms in total. The average molecular weight is 291 g/mol. The highest BCUT2D eigenvalue weighted by molar-refractivity contribution is 6.34. The number of halogens is 1. The number of benzene rings is 1. The van der Waals surface area contributed by atoms with Crippen LogP contribution >= 0.6 is 11.6 Å². The molecule has 2 N–H and O–H groups in total. The number of aromatic nitrogens is 2. The summed E-state index contributed by atoms with van der Waals surface area (Å²) in [6.07, 6.45) is 0. The summed E-state index contributed by atoms with van der Waals surface area (Å²) in [6, 6.07) is 10.6. The van der Waals surface area contributed by atoms with Crippen LogP contribution in [0.25, 0.3) is 0 Å². The molecule has 0 aliphatic heterocycles. The number of nitrogens with zero attached hydrogens (tertiary/aromatic N) is 2. The van der Waals surface area contributed by atoms with E-state index in [1.807, 2.05) is 13.8 Å². The van der Waals surface area contributed by atoms with Crippen LogP contribution in [-0.4, -0.2) is 22.1 Å². The van der Waals surface area contributed by atoms with Gasteiger partial charge in [-0.25, -0.2) is 0 Å². The maximum absolute atomic E-state index is 12.0. The molecule has 0 spiro atoms. The first-order valence-corrected chi connectivity index (χ1v) is 6.60. The van der Waals surface area contributed by atoms with Gasteiger partial charge in [0.15, 0.2) is 5.82 Å². The normalized spacial score (nSPS) is 10.4. The summed E-state index contributed by atoms with van der Waals surface area (Å²) < 4.78 is 0. The van der Waals surface area contributed by atoms with Gasteiger partial charge in [-0.15, -0.1) is 10.2 Å². The molecule has 0 bridgehead atoms. The molecule has 0 radical (unpaired) electrons. The molecule has 20 heavy (non-hydrogen) atoms. The molecule has 6 heteroatoms. The highest BCUT2D eigenvalue weighted by atomic mass is 35.5. The fourth-order valence-corrected chi connectivity index (χ4v) is 1.82. The van der Waals surface area contributed by atoms with Crippen LogP contribution < -0.4 is 10.6 Å². The monoisotopic (exact) mass is 290 g/mol. The van der Waals surface area contributed by atoms with Gasteiger partial charge in [0, 0.05) is 6.04 Å². The molecule has 2 aromatic rings. The maximum Gasteiger partial charge on any atom is 0.258 e. The second-order valence-corrected chi connectivity index (χ2v) is 4.94. The van der Waals surface area contributed by atoms with Crippen LogP contribution in [0.1, 0.15) is 24.2 Å². The Labute approximate surface area is 122 Å². The number of hydrogen-bond acceptors (Lipinski definition) is 4. The van der Waals surface area contributed by atoms with Crippen LogP contribution in [0.2, 0.25) is 5.02 Å². The molecule has 0 saturated heterocycles. The van der Waals surface area contributed by atoms with Gasteiger partial charge in [0.1, 0.15) is 5.82 Å². The lowest BCUT2D eigenvalue weighted by atomic mass is 10.2. The van der Waals surface area contributed by atoms with E-state index in [1.165, 1.54) is 0 Å². The smallest absolute Gasteiger partial charge is 0.258 e. The fraction of sp³-hybridized carbons (Fsp3) is 0.214. The summed E-state index contributed by atoms with van der Waals surface area (Å²) in [7, 11) is 0. The molecule has 1 aromatic heterocycles. The minimum atomic E-state index is -0.311. The van der Waals surface area contributed by atoms with Crippen LogP contribution in [0.15, 0.2) is 36.4 Å². The number of carbonyl (C=O) groups is 1. The molecule has 0 aliphatic rings. The van der Waals surface area contributed by atoms with E-state index >= 15 is 0 Å². The van der Waals surface area contributed by atoms with Gasteiger partial charge in [0.05, 0.1) is 10.6 Å². The van der Waals surface area contributed by atoms with E-state index in [2.05, 4.69) is 20.8 Å². The second kappa shape index (κ2) is 6.34. The van der Waals surface area contributed by atoms with Crippen LogP contribution in [-0.2, 0) is 0 Å². The Bertz CT molecular complexity index is 598. The Balaban J connectivity index is 2.07. The van der Waals surface area contributed by atoms with E-state index in [9.17, 15) is 4.79 Å². The van der Waals surface area contributed by atoms with Crippen molar-refractivity contribution in [2.45, 2.75) is 19.9 Å². The Hall–Kier alpha value is -2.14. The Morgan fingerprint density at radius 2 is 1.75 bits per heavy atom. The van der Waals surface area contributed by atoms with Gasteiger partial charge in [0.2, 0.25) is 0 Å². The molecule has 0 saturated carbocycles. The topological polar surface area (TPSA) is 66.9 Å². The zero-order valence-corrected chi connectivity index (χ0v) is 12.0. The maximum atomic E-state index is 12.0. The molecule has 0 aliphatic carbocycles. The quantitative estimate of drug-likeness (QED) is 0.907. The first-order chi connectivity index (χ1) is 9.56. The van der Waals surface area contributed by atoms with Gasteiger partial charge >= 0.3 is 0 Å². The van der Waals surface area contributed by atoms with Crippen molar-refractivity contribution in [3.8, 4) is 0 Å².